The smallest absolute Gasteiger partial charge is 0.277 e. The molecule has 1 fully saturated rings. The number of carbonyl (C=O) groups is 1. The zero-order chi connectivity index (χ0) is 24.0. The number of ether oxygens (including phenoxy) is 1. The van der Waals surface area contributed by atoms with Gasteiger partial charge in [-0.3, -0.25) is 9.79 Å². The summed E-state index contributed by atoms with van der Waals surface area (Å²) in [6.45, 7) is 1.93. The van der Waals surface area contributed by atoms with Crippen LogP contribution in [-0.2, 0) is 20.1 Å². The lowest BCUT2D eigenvalue weighted by molar-refractivity contribution is 0.0875. The van der Waals surface area contributed by atoms with Gasteiger partial charge in [0, 0.05) is 30.7 Å². The normalized spacial score (nSPS) is 23.7. The Morgan fingerprint density at radius 2 is 1.91 bits per heavy atom. The van der Waals surface area contributed by atoms with Gasteiger partial charge in [-0.25, -0.2) is 22.2 Å². The van der Waals surface area contributed by atoms with Gasteiger partial charge < -0.3 is 15.8 Å². The minimum Gasteiger partial charge on any atom is -0.386 e. The molecule has 12 heteroatoms. The molecule has 0 bridgehead atoms. The first-order valence-corrected chi connectivity index (χ1v) is 12.1. The molecular formula is C21H21ClF2N4O4S. The Morgan fingerprint density at radius 3 is 2.55 bits per heavy atom. The highest BCUT2D eigenvalue weighted by Crippen LogP contribution is 2.42. The molecule has 176 valence electrons. The van der Waals surface area contributed by atoms with E-state index in [0.717, 1.165) is 18.3 Å². The molecule has 1 unspecified atom stereocenters. The number of rotatable bonds is 3. The molecule has 2 aliphatic heterocycles. The van der Waals surface area contributed by atoms with E-state index in [1.807, 2.05) is 0 Å². The maximum atomic E-state index is 14.9. The van der Waals surface area contributed by atoms with Crippen LogP contribution in [0.4, 0.5) is 14.5 Å². The molecule has 33 heavy (non-hydrogen) atoms. The number of carbonyl (C=O) groups excluding carboxylic acids is 1. The van der Waals surface area contributed by atoms with Crippen molar-refractivity contribution in [3.05, 3.63) is 58.4 Å². The van der Waals surface area contributed by atoms with E-state index in [9.17, 15) is 22.0 Å². The number of halogens is 3. The molecule has 3 N–H and O–H groups in total. The van der Waals surface area contributed by atoms with Crippen LogP contribution in [0.5, 0.6) is 0 Å². The van der Waals surface area contributed by atoms with Crippen LogP contribution in [0.25, 0.3) is 0 Å². The van der Waals surface area contributed by atoms with Gasteiger partial charge in [0.15, 0.2) is 21.3 Å². The summed E-state index contributed by atoms with van der Waals surface area (Å²) in [7, 11) is -3.82. The third kappa shape index (κ3) is 4.09. The van der Waals surface area contributed by atoms with Gasteiger partial charge in [0.25, 0.3) is 5.91 Å². The summed E-state index contributed by atoms with van der Waals surface area (Å²) < 4.78 is 59.5. The Hall–Kier alpha value is -2.63. The minimum absolute atomic E-state index is 0.0253. The van der Waals surface area contributed by atoms with Gasteiger partial charge in [-0.15, -0.1) is 0 Å². The fourth-order valence-electron chi connectivity index (χ4n) is 4.26. The summed E-state index contributed by atoms with van der Waals surface area (Å²) in [5, 5.41) is 2.46. The molecule has 0 radical (unpaired) electrons. The summed E-state index contributed by atoms with van der Waals surface area (Å²) in [6.07, 6.45) is 1.48. The fourth-order valence-corrected chi connectivity index (χ4v) is 6.80. The van der Waals surface area contributed by atoms with Gasteiger partial charge in [-0.1, -0.05) is 11.6 Å². The van der Waals surface area contributed by atoms with Crippen LogP contribution < -0.4 is 11.1 Å². The van der Waals surface area contributed by atoms with Gasteiger partial charge >= 0.3 is 0 Å². The molecule has 2 aromatic rings. The number of amides is 1. The van der Waals surface area contributed by atoms with Crippen LogP contribution in [0.2, 0.25) is 5.02 Å². The number of aromatic nitrogens is 1. The fraction of sp³-hybridized carbons (Fsp3) is 0.381. The van der Waals surface area contributed by atoms with Crippen molar-refractivity contribution >= 4 is 38.9 Å². The number of pyridine rings is 1. The van der Waals surface area contributed by atoms with Gasteiger partial charge in [-0.2, -0.15) is 0 Å². The summed E-state index contributed by atoms with van der Waals surface area (Å²) in [4.78, 5) is 20.6. The molecule has 3 heterocycles. The molecule has 1 spiro atoms. The standard InChI is InChI=1S/C21H21ClF2N4O4S/c1-20(11-33(30,31)21(19(25)28-20)4-6-32-7-5-21)14-9-13(2-3-15(14)23)27-18(29)17-16(24)8-12(22)10-26-17/h2-3,8-10H,4-7,11H2,1H3,(H2,25,28)(H,27,29). The van der Waals surface area contributed by atoms with Crippen molar-refractivity contribution in [1.29, 1.82) is 0 Å². The third-order valence-corrected chi connectivity index (χ3v) is 8.99. The van der Waals surface area contributed by atoms with Gasteiger partial charge in [-0.05, 0) is 44.0 Å². The summed E-state index contributed by atoms with van der Waals surface area (Å²) in [5.74, 6) is -3.08. The number of sulfone groups is 1. The maximum Gasteiger partial charge on any atom is 0.277 e. The molecule has 1 aromatic carbocycles. The highest BCUT2D eigenvalue weighted by Gasteiger charge is 2.55. The largest absolute Gasteiger partial charge is 0.386 e. The number of nitrogens with one attached hydrogen (secondary N) is 1. The average Bonchev–Trinajstić information content (AvgIpc) is 2.74. The highest BCUT2D eigenvalue weighted by molar-refractivity contribution is 7.93. The quantitative estimate of drug-likeness (QED) is 0.670. The molecule has 1 amide bonds. The molecule has 0 aliphatic carbocycles. The zero-order valence-electron chi connectivity index (χ0n) is 17.6. The molecular weight excluding hydrogens is 478 g/mol. The van der Waals surface area contributed by atoms with E-state index < -0.39 is 49.1 Å². The zero-order valence-corrected chi connectivity index (χ0v) is 19.1. The first-order valence-electron chi connectivity index (χ1n) is 10.1. The number of anilines is 1. The van der Waals surface area contributed by atoms with Gasteiger partial charge in [0.05, 0.1) is 10.8 Å². The van der Waals surface area contributed by atoms with E-state index in [0.29, 0.717) is 0 Å². The SMILES string of the molecule is CC1(c2cc(NC(=O)c3ncc(Cl)cc3F)ccc2F)CS(=O)(=O)C2(CCOCC2)C(N)=N1. The first-order chi connectivity index (χ1) is 15.5. The highest BCUT2D eigenvalue weighted by atomic mass is 35.5. The second-order valence-electron chi connectivity index (χ2n) is 8.27. The Kier molecular flexibility index (Phi) is 5.92. The summed E-state index contributed by atoms with van der Waals surface area (Å²) in [5.41, 5.74) is 4.17. The topological polar surface area (TPSA) is 124 Å². The van der Waals surface area contributed by atoms with Crippen molar-refractivity contribution in [3.8, 4) is 0 Å². The molecule has 8 nitrogen and oxygen atoms in total. The number of benzene rings is 1. The molecule has 1 atom stereocenters. The van der Waals surface area contributed by atoms with Crippen molar-refractivity contribution in [2.75, 3.05) is 24.3 Å². The minimum atomic E-state index is -3.82. The number of hydrogen-bond acceptors (Lipinski definition) is 7. The lowest BCUT2D eigenvalue weighted by Crippen LogP contribution is -2.60. The Labute approximate surface area is 194 Å². The molecule has 1 aromatic heterocycles. The van der Waals surface area contributed by atoms with Crippen molar-refractivity contribution in [2.45, 2.75) is 30.1 Å². The molecule has 4 rings (SSSR count). The number of amidine groups is 1. The van der Waals surface area contributed by atoms with Crippen LogP contribution in [0.15, 0.2) is 35.5 Å². The van der Waals surface area contributed by atoms with Gasteiger partial charge in [0.2, 0.25) is 0 Å². The van der Waals surface area contributed by atoms with E-state index in [-0.39, 0.29) is 48.2 Å². The monoisotopic (exact) mass is 498 g/mol. The second-order valence-corrected chi connectivity index (χ2v) is 11.0. The van der Waals surface area contributed by atoms with Crippen molar-refractivity contribution in [1.82, 2.24) is 4.98 Å². The van der Waals surface area contributed by atoms with Crippen molar-refractivity contribution in [2.24, 2.45) is 10.7 Å². The second kappa shape index (κ2) is 8.30. The average molecular weight is 499 g/mol. The lowest BCUT2D eigenvalue weighted by Gasteiger charge is -2.43. The number of nitrogens with zero attached hydrogens (tertiary/aromatic N) is 2. The van der Waals surface area contributed by atoms with E-state index in [1.165, 1.54) is 19.1 Å². The Balaban J connectivity index is 1.70. The van der Waals surface area contributed by atoms with Crippen molar-refractivity contribution in [3.63, 3.8) is 0 Å². The van der Waals surface area contributed by atoms with E-state index in [2.05, 4.69) is 15.3 Å². The predicted octanol–water partition coefficient (Wildman–Crippen LogP) is 2.82. The summed E-state index contributed by atoms with van der Waals surface area (Å²) >= 11 is 5.66. The number of aliphatic imine (C=N–C) groups is 1. The summed E-state index contributed by atoms with van der Waals surface area (Å²) in [6, 6.07) is 4.53. The van der Waals surface area contributed by atoms with E-state index in [1.54, 1.807) is 0 Å². The Morgan fingerprint density at radius 1 is 1.21 bits per heavy atom. The van der Waals surface area contributed by atoms with Crippen molar-refractivity contribution < 1.29 is 26.7 Å². The number of nitrogens with two attached hydrogens (primary N) is 1. The van der Waals surface area contributed by atoms with Crippen LogP contribution in [0.1, 0.15) is 35.8 Å². The van der Waals surface area contributed by atoms with Crippen LogP contribution >= 0.6 is 11.6 Å². The van der Waals surface area contributed by atoms with Gasteiger partial charge in [0.1, 0.15) is 21.9 Å². The third-order valence-electron chi connectivity index (χ3n) is 6.03. The molecule has 1 saturated heterocycles. The predicted molar refractivity (Wildman–Crippen MR) is 119 cm³/mol. The van der Waals surface area contributed by atoms with E-state index in [4.69, 9.17) is 22.1 Å². The van der Waals surface area contributed by atoms with Crippen LogP contribution in [-0.4, -0.2) is 48.9 Å². The maximum absolute atomic E-state index is 14.9. The number of hydrogen-bond donors (Lipinski definition) is 2. The first kappa shape index (κ1) is 23.5. The van der Waals surface area contributed by atoms with Crippen LogP contribution in [0, 0.1) is 11.6 Å². The Bertz CT molecular complexity index is 1260. The van der Waals surface area contributed by atoms with E-state index >= 15 is 0 Å². The van der Waals surface area contributed by atoms with Crippen LogP contribution in [0.3, 0.4) is 0 Å². The molecule has 2 aliphatic rings. The molecule has 0 saturated carbocycles. The lowest BCUT2D eigenvalue weighted by atomic mass is 9.91.